The Hall–Kier alpha value is -3.04. The molecule has 0 aliphatic rings. The molecular formula is C23H23N3O4S2. The fourth-order valence-electron chi connectivity index (χ4n) is 3.79. The lowest BCUT2D eigenvalue weighted by atomic mass is 10.1. The second kappa shape index (κ2) is 8.84. The zero-order valence-corrected chi connectivity index (χ0v) is 19.9. The standard InChI is InChI=1S/C23H23N3O4S2/c1-5-30-23(29)20-14(3)19-21(32-20)24-12-25(22(19)28)11-18(27)17-9-13(2)26(15(17)4)10-16-7-6-8-31-16/h6-9,12H,5,10-11H2,1-4H3. The molecule has 0 bridgehead atoms. The van der Waals surface area contributed by atoms with Crippen molar-refractivity contribution in [2.75, 3.05) is 6.61 Å². The van der Waals surface area contributed by atoms with Crippen molar-refractivity contribution >= 4 is 44.6 Å². The largest absolute Gasteiger partial charge is 0.462 e. The van der Waals surface area contributed by atoms with Gasteiger partial charge in [-0.05, 0) is 50.8 Å². The number of ether oxygens (including phenoxy) is 1. The van der Waals surface area contributed by atoms with Gasteiger partial charge in [0.25, 0.3) is 5.56 Å². The monoisotopic (exact) mass is 469 g/mol. The molecule has 4 aromatic rings. The highest BCUT2D eigenvalue weighted by Gasteiger charge is 2.22. The molecule has 0 spiro atoms. The molecule has 4 heterocycles. The molecule has 0 aromatic carbocycles. The van der Waals surface area contributed by atoms with E-state index in [2.05, 4.69) is 15.6 Å². The number of carbonyl (C=O) groups is 2. The van der Waals surface area contributed by atoms with Crippen LogP contribution in [0.2, 0.25) is 0 Å². The Morgan fingerprint density at radius 3 is 2.69 bits per heavy atom. The molecule has 0 radical (unpaired) electrons. The lowest BCUT2D eigenvalue weighted by Crippen LogP contribution is -2.25. The van der Waals surface area contributed by atoms with Crippen LogP contribution >= 0.6 is 22.7 Å². The van der Waals surface area contributed by atoms with Crippen LogP contribution < -0.4 is 5.56 Å². The highest BCUT2D eigenvalue weighted by atomic mass is 32.1. The molecule has 0 aliphatic carbocycles. The van der Waals surface area contributed by atoms with Gasteiger partial charge in [-0.15, -0.1) is 22.7 Å². The number of hydrogen-bond acceptors (Lipinski definition) is 7. The van der Waals surface area contributed by atoms with E-state index in [9.17, 15) is 14.4 Å². The fourth-order valence-corrected chi connectivity index (χ4v) is 5.51. The number of thiophene rings is 2. The van der Waals surface area contributed by atoms with Gasteiger partial charge in [-0.1, -0.05) is 6.07 Å². The number of rotatable bonds is 7. The van der Waals surface area contributed by atoms with Crippen molar-refractivity contribution in [3.63, 3.8) is 0 Å². The van der Waals surface area contributed by atoms with Crippen LogP contribution in [0.4, 0.5) is 0 Å². The van der Waals surface area contributed by atoms with Gasteiger partial charge in [0, 0.05) is 21.8 Å². The summed E-state index contributed by atoms with van der Waals surface area (Å²) < 4.78 is 8.49. The summed E-state index contributed by atoms with van der Waals surface area (Å²) in [5.41, 5.74) is 2.67. The van der Waals surface area contributed by atoms with Crippen LogP contribution in [0.1, 0.15) is 48.8 Å². The summed E-state index contributed by atoms with van der Waals surface area (Å²) in [5.74, 6) is -0.620. The van der Waals surface area contributed by atoms with E-state index in [1.807, 2.05) is 31.4 Å². The van der Waals surface area contributed by atoms with Crippen molar-refractivity contribution < 1.29 is 14.3 Å². The van der Waals surface area contributed by atoms with Gasteiger partial charge in [0.15, 0.2) is 5.78 Å². The molecule has 0 aliphatic heterocycles. The molecule has 0 N–H and O–H groups in total. The lowest BCUT2D eigenvalue weighted by Gasteiger charge is -2.09. The van der Waals surface area contributed by atoms with Crippen molar-refractivity contribution in [2.24, 2.45) is 0 Å². The molecule has 4 aromatic heterocycles. The number of hydrogen-bond donors (Lipinski definition) is 0. The molecule has 166 valence electrons. The number of nitrogens with zero attached hydrogens (tertiary/aromatic N) is 3. The zero-order valence-electron chi connectivity index (χ0n) is 18.3. The number of carbonyl (C=O) groups excluding carboxylic acids is 2. The number of fused-ring (bicyclic) bond motifs is 1. The van der Waals surface area contributed by atoms with Crippen LogP contribution in [-0.4, -0.2) is 32.5 Å². The van der Waals surface area contributed by atoms with E-state index in [0.717, 1.165) is 22.7 Å². The van der Waals surface area contributed by atoms with E-state index in [4.69, 9.17) is 4.74 Å². The minimum Gasteiger partial charge on any atom is -0.462 e. The third-order valence-electron chi connectivity index (χ3n) is 5.46. The van der Waals surface area contributed by atoms with Gasteiger partial charge in [-0.25, -0.2) is 9.78 Å². The molecule has 0 amide bonds. The maximum Gasteiger partial charge on any atom is 0.348 e. The first-order chi connectivity index (χ1) is 15.3. The fraction of sp³-hybridized carbons (Fsp3) is 0.304. The van der Waals surface area contributed by atoms with Crippen molar-refractivity contribution in [1.29, 1.82) is 0 Å². The highest BCUT2D eigenvalue weighted by Crippen LogP contribution is 2.27. The predicted octanol–water partition coefficient (Wildman–Crippen LogP) is 4.35. The number of Topliss-reactive ketones (excluding diaryl/α,β-unsaturated/α-hetero) is 1. The van der Waals surface area contributed by atoms with Gasteiger partial charge in [-0.3, -0.25) is 14.2 Å². The van der Waals surface area contributed by atoms with E-state index >= 15 is 0 Å². The van der Waals surface area contributed by atoms with Crippen molar-refractivity contribution in [3.05, 3.63) is 72.5 Å². The first-order valence-corrected chi connectivity index (χ1v) is 11.9. The van der Waals surface area contributed by atoms with Gasteiger partial charge >= 0.3 is 5.97 Å². The van der Waals surface area contributed by atoms with Crippen molar-refractivity contribution in [1.82, 2.24) is 14.1 Å². The van der Waals surface area contributed by atoms with Gasteiger partial charge in [0.1, 0.15) is 9.71 Å². The third-order valence-corrected chi connectivity index (χ3v) is 7.50. The third kappa shape index (κ3) is 3.93. The molecule has 0 unspecified atom stereocenters. The SMILES string of the molecule is CCOC(=O)c1sc2ncn(CC(=O)c3cc(C)n(Cc4cccs4)c3C)c(=O)c2c1C. The summed E-state index contributed by atoms with van der Waals surface area (Å²) >= 11 is 2.81. The van der Waals surface area contributed by atoms with Crippen LogP contribution in [0.5, 0.6) is 0 Å². The summed E-state index contributed by atoms with van der Waals surface area (Å²) in [4.78, 5) is 44.8. The maximum atomic E-state index is 13.1. The Morgan fingerprint density at radius 2 is 2.00 bits per heavy atom. The maximum absolute atomic E-state index is 13.1. The topological polar surface area (TPSA) is 83.2 Å². The van der Waals surface area contributed by atoms with E-state index in [-0.39, 0.29) is 24.5 Å². The molecule has 0 saturated carbocycles. The highest BCUT2D eigenvalue weighted by molar-refractivity contribution is 7.20. The molecule has 4 rings (SSSR count). The van der Waals surface area contributed by atoms with Crippen LogP contribution in [0.3, 0.4) is 0 Å². The van der Waals surface area contributed by atoms with Gasteiger partial charge in [0.2, 0.25) is 0 Å². The lowest BCUT2D eigenvalue weighted by molar-refractivity contribution is 0.0531. The average molecular weight is 470 g/mol. The van der Waals surface area contributed by atoms with Gasteiger partial charge < -0.3 is 9.30 Å². The van der Waals surface area contributed by atoms with E-state index < -0.39 is 5.97 Å². The minimum atomic E-state index is -0.465. The Labute approximate surface area is 192 Å². The molecule has 9 heteroatoms. The van der Waals surface area contributed by atoms with E-state index in [1.54, 1.807) is 25.2 Å². The van der Waals surface area contributed by atoms with Crippen molar-refractivity contribution in [3.8, 4) is 0 Å². The minimum absolute atomic E-state index is 0.116. The number of esters is 1. The van der Waals surface area contributed by atoms with Crippen LogP contribution in [0.25, 0.3) is 10.2 Å². The van der Waals surface area contributed by atoms with Crippen LogP contribution in [-0.2, 0) is 17.8 Å². The summed E-state index contributed by atoms with van der Waals surface area (Å²) in [6.45, 7) is 8.18. The Kier molecular flexibility index (Phi) is 6.12. The number of ketones is 1. The molecule has 0 atom stereocenters. The van der Waals surface area contributed by atoms with E-state index in [1.165, 1.54) is 15.8 Å². The van der Waals surface area contributed by atoms with Gasteiger partial charge in [0.05, 0.1) is 31.4 Å². The summed E-state index contributed by atoms with van der Waals surface area (Å²) in [7, 11) is 0. The van der Waals surface area contributed by atoms with Crippen LogP contribution in [0.15, 0.2) is 34.7 Å². The normalized spacial score (nSPS) is 11.2. The molecule has 0 fully saturated rings. The second-order valence-electron chi connectivity index (χ2n) is 7.51. The summed E-state index contributed by atoms with van der Waals surface area (Å²) in [5, 5.41) is 2.39. The molecule has 7 nitrogen and oxygen atoms in total. The van der Waals surface area contributed by atoms with Crippen molar-refractivity contribution in [2.45, 2.75) is 40.8 Å². The van der Waals surface area contributed by atoms with E-state index in [0.29, 0.717) is 32.8 Å². The quantitative estimate of drug-likeness (QED) is 0.297. The Bertz CT molecular complexity index is 1380. The average Bonchev–Trinajstić information content (AvgIpc) is 3.46. The predicted molar refractivity (Wildman–Crippen MR) is 126 cm³/mol. The van der Waals surface area contributed by atoms with Gasteiger partial charge in [-0.2, -0.15) is 0 Å². The Morgan fingerprint density at radius 1 is 1.22 bits per heavy atom. The molecule has 32 heavy (non-hydrogen) atoms. The van der Waals surface area contributed by atoms with Crippen LogP contribution in [0, 0.1) is 20.8 Å². The summed E-state index contributed by atoms with van der Waals surface area (Å²) in [6.07, 6.45) is 1.37. The number of aromatic nitrogens is 3. The summed E-state index contributed by atoms with van der Waals surface area (Å²) in [6, 6.07) is 5.95. The molecular weight excluding hydrogens is 446 g/mol. The second-order valence-corrected chi connectivity index (χ2v) is 9.54. The molecule has 0 saturated heterocycles. The first-order valence-electron chi connectivity index (χ1n) is 10.2. The smallest absolute Gasteiger partial charge is 0.348 e. The zero-order chi connectivity index (χ0) is 23.0. The Balaban J connectivity index is 1.64. The number of aryl methyl sites for hydroxylation is 2. The first kappa shape index (κ1) is 22.2.